The molecule has 1 fully saturated rings. The van der Waals surface area contributed by atoms with Crippen molar-refractivity contribution in [2.24, 2.45) is 5.92 Å². The smallest absolute Gasteiger partial charge is 0.247 e. The van der Waals surface area contributed by atoms with Gasteiger partial charge < -0.3 is 39.4 Å². The number of carbonyl (C=O) groups is 2. The molecule has 0 spiro atoms. The fourth-order valence-electron chi connectivity index (χ4n) is 5.44. The molecular formula is C29H37IN2O8. The number of amides is 2. The minimum absolute atomic E-state index is 0.0720. The standard InChI is InChI=1S/C29H37IN2O8/c1-38-25-11-20(16-34)10-22(30)28(25)40-24-14-21(29(37)31-7-8-33)13-23(27(24)36)32(15-19-6-9-39-17-19)26(35)12-18-4-2-3-5-18/h6,9-11,14,17-18,23-24,27,33-34,36H,2-5,7-8,12-13,15-16H2,1H3,(H,31,37)/t23-,24+,27+/m1/s1. The van der Waals surface area contributed by atoms with Crippen LogP contribution in [0.2, 0.25) is 0 Å². The lowest BCUT2D eigenvalue weighted by Gasteiger charge is -2.41. The van der Waals surface area contributed by atoms with Gasteiger partial charge in [-0.2, -0.15) is 0 Å². The highest BCUT2D eigenvalue weighted by atomic mass is 127. The lowest BCUT2D eigenvalue weighted by atomic mass is 9.87. The van der Waals surface area contributed by atoms with Gasteiger partial charge in [-0.3, -0.25) is 9.59 Å². The van der Waals surface area contributed by atoms with Crippen LogP contribution in [0.3, 0.4) is 0 Å². The summed E-state index contributed by atoms with van der Waals surface area (Å²) in [5.74, 6) is 0.536. The van der Waals surface area contributed by atoms with Crippen molar-refractivity contribution >= 4 is 34.4 Å². The van der Waals surface area contributed by atoms with Gasteiger partial charge in [-0.15, -0.1) is 0 Å². The second-order valence-corrected chi connectivity index (χ2v) is 11.5. The maximum absolute atomic E-state index is 13.8. The number of hydrogen-bond donors (Lipinski definition) is 4. The minimum atomic E-state index is -1.16. The highest BCUT2D eigenvalue weighted by molar-refractivity contribution is 14.1. The number of aliphatic hydroxyl groups is 3. The number of furan rings is 1. The van der Waals surface area contributed by atoms with Gasteiger partial charge in [-0.25, -0.2) is 0 Å². The Morgan fingerprint density at radius 2 is 1.98 bits per heavy atom. The number of benzene rings is 1. The zero-order chi connectivity index (χ0) is 28.6. The summed E-state index contributed by atoms with van der Waals surface area (Å²) in [4.78, 5) is 28.5. The lowest BCUT2D eigenvalue weighted by molar-refractivity contribution is -0.140. The largest absolute Gasteiger partial charge is 0.493 e. The van der Waals surface area contributed by atoms with E-state index in [0.717, 1.165) is 31.2 Å². The third-order valence-corrected chi connectivity index (χ3v) is 8.33. The van der Waals surface area contributed by atoms with E-state index in [4.69, 9.17) is 13.9 Å². The molecule has 2 amide bonds. The summed E-state index contributed by atoms with van der Waals surface area (Å²) in [7, 11) is 1.48. The van der Waals surface area contributed by atoms with Crippen LogP contribution >= 0.6 is 22.6 Å². The van der Waals surface area contributed by atoms with E-state index in [-0.39, 0.29) is 38.6 Å². The number of methoxy groups -OCH3 is 1. The molecule has 11 heteroatoms. The molecule has 0 unspecified atom stereocenters. The van der Waals surface area contributed by atoms with Crippen molar-refractivity contribution in [2.45, 2.75) is 69.9 Å². The molecule has 2 aromatic rings. The van der Waals surface area contributed by atoms with Gasteiger partial charge in [0.1, 0.15) is 12.2 Å². The minimum Gasteiger partial charge on any atom is -0.493 e. The van der Waals surface area contributed by atoms with Crippen LogP contribution in [0, 0.1) is 9.49 Å². The second-order valence-electron chi connectivity index (χ2n) is 10.3. The summed E-state index contributed by atoms with van der Waals surface area (Å²) >= 11 is 2.07. The van der Waals surface area contributed by atoms with E-state index in [1.54, 1.807) is 35.4 Å². The number of hydrogen-bond acceptors (Lipinski definition) is 8. The molecule has 1 saturated carbocycles. The van der Waals surface area contributed by atoms with Crippen LogP contribution in [-0.4, -0.2) is 70.5 Å². The molecule has 2 aliphatic rings. The van der Waals surface area contributed by atoms with Gasteiger partial charge in [0, 0.05) is 37.1 Å². The molecule has 0 bridgehead atoms. The summed E-state index contributed by atoms with van der Waals surface area (Å²) in [6.07, 6.45) is 7.23. The first-order chi connectivity index (χ1) is 19.3. The number of nitrogens with one attached hydrogen (secondary N) is 1. The normalized spacial score (nSPS) is 21.1. The van der Waals surface area contributed by atoms with Crippen molar-refractivity contribution in [3.63, 3.8) is 0 Å². The van der Waals surface area contributed by atoms with E-state index in [0.29, 0.717) is 38.5 Å². The third kappa shape index (κ3) is 7.36. The molecule has 0 saturated heterocycles. The lowest BCUT2D eigenvalue weighted by Crippen LogP contribution is -2.55. The highest BCUT2D eigenvalue weighted by Gasteiger charge is 2.41. The fraction of sp³-hybridized carbons (Fsp3) is 0.517. The Labute approximate surface area is 247 Å². The SMILES string of the molecule is COc1cc(CO)cc(I)c1O[C@H]1C=C(C(=O)NCCO)C[C@@H](N(Cc2ccoc2)C(=O)CC2CCCC2)[C@@H]1O. The van der Waals surface area contributed by atoms with Crippen LogP contribution in [0.1, 0.15) is 49.7 Å². The van der Waals surface area contributed by atoms with E-state index in [9.17, 15) is 24.9 Å². The Morgan fingerprint density at radius 3 is 2.62 bits per heavy atom. The Kier molecular flexibility index (Phi) is 10.9. The Hall–Kier alpha value is -2.61. The zero-order valence-electron chi connectivity index (χ0n) is 22.6. The first-order valence-corrected chi connectivity index (χ1v) is 14.6. The quantitative estimate of drug-likeness (QED) is 0.253. The monoisotopic (exact) mass is 668 g/mol. The van der Waals surface area contributed by atoms with Gasteiger partial charge >= 0.3 is 0 Å². The van der Waals surface area contributed by atoms with Crippen LogP contribution in [-0.2, 0) is 22.7 Å². The summed E-state index contributed by atoms with van der Waals surface area (Å²) in [5.41, 5.74) is 1.76. The van der Waals surface area contributed by atoms with Crippen molar-refractivity contribution in [1.82, 2.24) is 10.2 Å². The van der Waals surface area contributed by atoms with Crippen LogP contribution in [0.4, 0.5) is 0 Å². The van der Waals surface area contributed by atoms with E-state index in [1.165, 1.54) is 13.4 Å². The molecule has 4 N–H and O–H groups in total. The highest BCUT2D eigenvalue weighted by Crippen LogP contribution is 2.38. The molecule has 40 heavy (non-hydrogen) atoms. The van der Waals surface area contributed by atoms with Gasteiger partial charge in [-0.1, -0.05) is 12.8 Å². The van der Waals surface area contributed by atoms with Gasteiger partial charge in [-0.05, 0) is 71.2 Å². The van der Waals surface area contributed by atoms with Crippen molar-refractivity contribution in [2.75, 3.05) is 20.3 Å². The zero-order valence-corrected chi connectivity index (χ0v) is 24.7. The summed E-state index contributed by atoms with van der Waals surface area (Å²) in [6.45, 7) is -0.108. The molecule has 4 rings (SSSR count). The van der Waals surface area contributed by atoms with Crippen LogP contribution < -0.4 is 14.8 Å². The molecule has 1 heterocycles. The number of rotatable bonds is 12. The van der Waals surface area contributed by atoms with E-state index in [1.807, 2.05) is 0 Å². The maximum atomic E-state index is 13.8. The Bertz CT molecular complexity index is 1180. The molecule has 10 nitrogen and oxygen atoms in total. The first kappa shape index (κ1) is 30.4. The number of carbonyl (C=O) groups excluding carboxylic acids is 2. The van der Waals surface area contributed by atoms with Gasteiger partial charge in [0.05, 0.1) is 42.5 Å². The van der Waals surface area contributed by atoms with E-state index in [2.05, 4.69) is 27.9 Å². The van der Waals surface area contributed by atoms with Gasteiger partial charge in [0.25, 0.3) is 0 Å². The first-order valence-electron chi connectivity index (χ1n) is 13.6. The molecule has 0 radical (unpaired) electrons. The topological polar surface area (TPSA) is 142 Å². The molecule has 218 valence electrons. The number of halogens is 1. The van der Waals surface area contributed by atoms with Gasteiger partial charge in [0.15, 0.2) is 11.5 Å². The number of ether oxygens (including phenoxy) is 2. The van der Waals surface area contributed by atoms with E-state index < -0.39 is 24.2 Å². The molecule has 2 aliphatic carbocycles. The molecule has 1 aromatic carbocycles. The van der Waals surface area contributed by atoms with Crippen molar-refractivity contribution in [3.8, 4) is 11.5 Å². The van der Waals surface area contributed by atoms with E-state index >= 15 is 0 Å². The average Bonchev–Trinajstić information content (AvgIpc) is 3.67. The molecule has 3 atom stereocenters. The summed E-state index contributed by atoms with van der Waals surface area (Å²) < 4.78 is 17.7. The van der Waals surface area contributed by atoms with Crippen LogP contribution in [0.5, 0.6) is 11.5 Å². The fourth-order valence-corrected chi connectivity index (χ4v) is 6.24. The second kappa shape index (κ2) is 14.3. The van der Waals surface area contributed by atoms with Crippen molar-refractivity contribution in [1.29, 1.82) is 0 Å². The maximum Gasteiger partial charge on any atom is 0.247 e. The number of aliphatic hydroxyl groups excluding tert-OH is 3. The predicted octanol–water partition coefficient (Wildman–Crippen LogP) is 2.91. The Morgan fingerprint density at radius 1 is 1.20 bits per heavy atom. The summed E-state index contributed by atoms with van der Waals surface area (Å²) in [6, 6.07) is 4.42. The molecule has 1 aromatic heterocycles. The third-order valence-electron chi connectivity index (χ3n) is 7.53. The van der Waals surface area contributed by atoms with Crippen molar-refractivity contribution < 1.29 is 38.8 Å². The number of nitrogens with zero attached hydrogens (tertiary/aromatic N) is 1. The van der Waals surface area contributed by atoms with Crippen LogP contribution in [0.25, 0.3) is 0 Å². The summed E-state index contributed by atoms with van der Waals surface area (Å²) in [5, 5.41) is 33.2. The molecule has 0 aliphatic heterocycles. The average molecular weight is 669 g/mol. The van der Waals surface area contributed by atoms with Crippen molar-refractivity contribution in [3.05, 3.63) is 57.1 Å². The Balaban J connectivity index is 1.68. The van der Waals surface area contributed by atoms with Crippen LogP contribution in [0.15, 0.2) is 46.8 Å². The van der Waals surface area contributed by atoms with Gasteiger partial charge in [0.2, 0.25) is 11.8 Å². The molecular weight excluding hydrogens is 631 g/mol. The predicted molar refractivity (Wildman–Crippen MR) is 154 cm³/mol.